The van der Waals surface area contributed by atoms with E-state index < -0.39 is 5.41 Å². The first kappa shape index (κ1) is 30.2. The molecule has 246 valence electrons. The highest BCUT2D eigenvalue weighted by atomic mass is 16.3. The molecule has 3 heterocycles. The van der Waals surface area contributed by atoms with Gasteiger partial charge in [-0.25, -0.2) is 4.98 Å². The number of nitrogens with zero attached hydrogens (tertiary/aromatic N) is 4. The lowest BCUT2D eigenvalue weighted by Gasteiger charge is -2.45. The van der Waals surface area contributed by atoms with Crippen molar-refractivity contribution in [2.45, 2.75) is 38.0 Å². The molecule has 0 saturated heterocycles. The molecule has 0 radical (unpaired) electrons. The molecule has 0 fully saturated rings. The Balaban J connectivity index is 1.32. The third-order valence-corrected chi connectivity index (χ3v) is 11.7. The van der Waals surface area contributed by atoms with E-state index in [-0.39, 0.29) is 17.5 Å². The van der Waals surface area contributed by atoms with E-state index in [9.17, 15) is 10.5 Å². The number of nitriles is 2. The van der Waals surface area contributed by atoms with Crippen LogP contribution in [0.1, 0.15) is 77.4 Å². The van der Waals surface area contributed by atoms with E-state index in [0.29, 0.717) is 11.3 Å². The lowest BCUT2D eigenvalue weighted by Crippen LogP contribution is -2.33. The van der Waals surface area contributed by atoms with Gasteiger partial charge in [0.1, 0.15) is 29.0 Å². The van der Waals surface area contributed by atoms with Gasteiger partial charge < -0.3 is 9.32 Å². The molecule has 0 spiro atoms. The largest absolute Gasteiger partial charge is 0.456 e. The van der Waals surface area contributed by atoms with Crippen molar-refractivity contribution in [3.05, 3.63) is 178 Å². The topological polar surface area (TPSA) is 76.8 Å². The van der Waals surface area contributed by atoms with Crippen molar-refractivity contribution in [1.82, 2.24) is 4.98 Å². The van der Waals surface area contributed by atoms with Crippen molar-refractivity contribution >= 4 is 39.0 Å². The van der Waals surface area contributed by atoms with E-state index in [2.05, 4.69) is 123 Å². The minimum atomic E-state index is -0.517. The Morgan fingerprint density at radius 3 is 2.25 bits per heavy atom. The summed E-state index contributed by atoms with van der Waals surface area (Å²) in [6.07, 6.45) is 1.92. The molecule has 5 aromatic carbocycles. The summed E-state index contributed by atoms with van der Waals surface area (Å²) in [5, 5.41) is 24.3. The highest BCUT2D eigenvalue weighted by Gasteiger charge is 2.47. The zero-order chi connectivity index (χ0) is 35.5. The maximum absolute atomic E-state index is 11.3. The molecule has 0 amide bonds. The van der Waals surface area contributed by atoms with Gasteiger partial charge in [-0.1, -0.05) is 111 Å². The van der Waals surface area contributed by atoms with Crippen LogP contribution >= 0.6 is 0 Å². The summed E-state index contributed by atoms with van der Waals surface area (Å²) in [6.45, 7) is 10.8. The normalized spacial score (nSPS) is 17.6. The second-order valence-electron chi connectivity index (χ2n) is 14.5. The van der Waals surface area contributed by atoms with Crippen LogP contribution in [0.25, 0.3) is 33.1 Å². The molecule has 5 nitrogen and oxygen atoms in total. The Morgan fingerprint density at radius 2 is 1.50 bits per heavy atom. The SMILES string of the molecule is C=CC1=C(C)C2c3ccccc3C1c1nc(C#N)c(N3c4ccc(-c5ccccc5)cc4C(C)(C)c4c3ccc3c4oc4ccccc43)c(C#N)c12. The molecule has 4 aliphatic rings. The first-order valence-corrected chi connectivity index (χ1v) is 17.6. The van der Waals surface area contributed by atoms with Crippen molar-refractivity contribution in [2.24, 2.45) is 0 Å². The molecule has 11 rings (SSSR count). The van der Waals surface area contributed by atoms with E-state index in [0.717, 1.165) is 83.5 Å². The number of hydrogen-bond donors (Lipinski definition) is 0. The quantitative estimate of drug-likeness (QED) is 0.187. The molecule has 0 saturated carbocycles. The summed E-state index contributed by atoms with van der Waals surface area (Å²) >= 11 is 0. The van der Waals surface area contributed by atoms with Crippen LogP contribution < -0.4 is 4.90 Å². The molecule has 52 heavy (non-hydrogen) atoms. The van der Waals surface area contributed by atoms with Crippen LogP contribution in [0.2, 0.25) is 0 Å². The maximum Gasteiger partial charge on any atom is 0.166 e. The summed E-state index contributed by atoms with van der Waals surface area (Å²) in [5.74, 6) is -0.387. The monoisotopic (exact) mass is 668 g/mol. The van der Waals surface area contributed by atoms with Gasteiger partial charge in [-0.05, 0) is 70.6 Å². The molecule has 2 atom stereocenters. The number of benzene rings is 5. The van der Waals surface area contributed by atoms with Crippen molar-refractivity contribution in [2.75, 3.05) is 4.90 Å². The summed E-state index contributed by atoms with van der Waals surface area (Å²) in [6, 6.07) is 42.8. The number of allylic oxidation sites excluding steroid dienone is 3. The smallest absolute Gasteiger partial charge is 0.166 e. The molecule has 2 bridgehead atoms. The molecule has 1 aliphatic heterocycles. The van der Waals surface area contributed by atoms with Gasteiger partial charge >= 0.3 is 0 Å². The predicted octanol–water partition coefficient (Wildman–Crippen LogP) is 11.6. The van der Waals surface area contributed by atoms with Crippen LogP contribution in [-0.2, 0) is 5.41 Å². The highest BCUT2D eigenvalue weighted by molar-refractivity contribution is 6.09. The minimum Gasteiger partial charge on any atom is -0.456 e. The van der Waals surface area contributed by atoms with Gasteiger partial charge in [-0.3, -0.25) is 0 Å². The standard InChI is InChI=1S/C47H32N4O/c1-5-29-26(2)40-31-16-9-10-17-32(31)41(29)44-42(40)34(24-48)45(36(25-49)50-44)51-37-21-19-28(27-13-7-6-8-14-27)23-35(37)47(3,4)43-38(51)22-20-33-30-15-11-12-18-39(30)52-46(33)43/h5-23,40-41H,1H2,2-4H3. The van der Waals surface area contributed by atoms with Crippen LogP contribution in [0.4, 0.5) is 17.1 Å². The van der Waals surface area contributed by atoms with Crippen LogP contribution in [0.5, 0.6) is 0 Å². The maximum atomic E-state index is 11.3. The predicted molar refractivity (Wildman–Crippen MR) is 206 cm³/mol. The number of anilines is 3. The first-order chi connectivity index (χ1) is 25.4. The molecule has 5 heteroatoms. The Kier molecular flexibility index (Phi) is 6.18. The zero-order valence-electron chi connectivity index (χ0n) is 29.0. The number of furan rings is 1. The number of aromatic nitrogens is 1. The molecule has 7 aromatic rings. The van der Waals surface area contributed by atoms with Gasteiger partial charge in [0.05, 0.1) is 28.6 Å². The van der Waals surface area contributed by atoms with Gasteiger partial charge in [0.15, 0.2) is 5.69 Å². The lowest BCUT2D eigenvalue weighted by atomic mass is 9.62. The Morgan fingerprint density at radius 1 is 0.788 bits per heavy atom. The molecule has 2 aromatic heterocycles. The Bertz CT molecular complexity index is 2840. The van der Waals surface area contributed by atoms with Crippen LogP contribution in [0.15, 0.2) is 137 Å². The van der Waals surface area contributed by atoms with Crippen LogP contribution in [0, 0.1) is 22.7 Å². The number of fused-ring (bicyclic) bond motifs is 6. The van der Waals surface area contributed by atoms with Crippen LogP contribution in [0.3, 0.4) is 0 Å². The van der Waals surface area contributed by atoms with E-state index in [1.165, 1.54) is 5.56 Å². The minimum absolute atomic E-state index is 0.184. The summed E-state index contributed by atoms with van der Waals surface area (Å²) in [5.41, 5.74) is 14.6. The van der Waals surface area contributed by atoms with E-state index in [1.54, 1.807) is 0 Å². The lowest BCUT2D eigenvalue weighted by molar-refractivity contribution is 0.602. The number of para-hydroxylation sites is 1. The third kappa shape index (κ3) is 3.78. The fourth-order valence-corrected chi connectivity index (χ4v) is 9.42. The summed E-state index contributed by atoms with van der Waals surface area (Å²) < 4.78 is 6.73. The zero-order valence-corrected chi connectivity index (χ0v) is 29.0. The van der Waals surface area contributed by atoms with E-state index in [1.807, 2.05) is 36.4 Å². The van der Waals surface area contributed by atoms with Gasteiger partial charge in [0, 0.05) is 33.2 Å². The van der Waals surface area contributed by atoms with Crippen molar-refractivity contribution in [3.8, 4) is 23.3 Å². The number of hydrogen-bond acceptors (Lipinski definition) is 5. The second kappa shape index (κ2) is 10.7. The van der Waals surface area contributed by atoms with Gasteiger partial charge in [0.2, 0.25) is 0 Å². The number of pyridine rings is 1. The summed E-state index contributed by atoms with van der Waals surface area (Å²) in [7, 11) is 0. The first-order valence-electron chi connectivity index (χ1n) is 17.6. The highest BCUT2D eigenvalue weighted by Crippen LogP contribution is 2.60. The fourth-order valence-electron chi connectivity index (χ4n) is 9.42. The van der Waals surface area contributed by atoms with Gasteiger partial charge in [0.25, 0.3) is 0 Å². The molecule has 3 aliphatic carbocycles. The third-order valence-electron chi connectivity index (χ3n) is 11.7. The molecule has 2 unspecified atom stereocenters. The van der Waals surface area contributed by atoms with Gasteiger partial charge in [-0.15, -0.1) is 0 Å². The average molecular weight is 669 g/mol. The van der Waals surface area contributed by atoms with Crippen LogP contribution in [-0.4, -0.2) is 4.98 Å². The van der Waals surface area contributed by atoms with Gasteiger partial charge in [-0.2, -0.15) is 10.5 Å². The van der Waals surface area contributed by atoms with E-state index >= 15 is 0 Å². The van der Waals surface area contributed by atoms with Crippen molar-refractivity contribution in [1.29, 1.82) is 10.5 Å². The fraction of sp³-hybridized carbons (Fsp3) is 0.128. The Labute approximate surface area is 302 Å². The number of rotatable bonds is 3. The van der Waals surface area contributed by atoms with Crippen molar-refractivity contribution < 1.29 is 4.42 Å². The second-order valence-corrected chi connectivity index (χ2v) is 14.5. The summed E-state index contributed by atoms with van der Waals surface area (Å²) in [4.78, 5) is 7.33. The van der Waals surface area contributed by atoms with E-state index in [4.69, 9.17) is 9.40 Å². The molecular formula is C47H32N4O. The average Bonchev–Trinajstić information content (AvgIpc) is 3.56. The Hall–Kier alpha value is -6.69. The molecular weight excluding hydrogens is 637 g/mol. The van der Waals surface area contributed by atoms with Crippen molar-refractivity contribution in [3.63, 3.8) is 0 Å². The molecule has 0 N–H and O–H groups in total.